The van der Waals surface area contributed by atoms with Gasteiger partial charge in [-0.05, 0) is 46.1 Å². The molecule has 0 radical (unpaired) electrons. The molecule has 0 aromatic carbocycles. The third-order valence-electron chi connectivity index (χ3n) is 4.05. The molecule has 0 bridgehead atoms. The summed E-state index contributed by atoms with van der Waals surface area (Å²) in [6.07, 6.45) is 2.37. The van der Waals surface area contributed by atoms with Crippen LogP contribution in [-0.4, -0.2) is 34.8 Å². The van der Waals surface area contributed by atoms with E-state index in [1.807, 2.05) is 20.9 Å². The van der Waals surface area contributed by atoms with Gasteiger partial charge in [0, 0.05) is 25.3 Å². The topological polar surface area (TPSA) is 59.0 Å². The quantitative estimate of drug-likeness (QED) is 0.861. The molecule has 1 aromatic heterocycles. The fourth-order valence-electron chi connectivity index (χ4n) is 2.66. The lowest BCUT2D eigenvalue weighted by Gasteiger charge is -2.27. The SMILES string of the molecule is Cc1nn(C)c(C)c1C(=O)NCC1CCC(C)NC1. The molecule has 0 aliphatic carbocycles. The number of piperidine rings is 1. The summed E-state index contributed by atoms with van der Waals surface area (Å²) in [5, 5.41) is 10.8. The number of rotatable bonds is 3. The van der Waals surface area contributed by atoms with Crippen LogP contribution in [0.15, 0.2) is 0 Å². The van der Waals surface area contributed by atoms with Gasteiger partial charge in [0.25, 0.3) is 5.91 Å². The highest BCUT2D eigenvalue weighted by atomic mass is 16.1. The van der Waals surface area contributed by atoms with E-state index < -0.39 is 0 Å². The van der Waals surface area contributed by atoms with E-state index in [0.717, 1.165) is 30.0 Å². The fourth-order valence-corrected chi connectivity index (χ4v) is 2.66. The third-order valence-corrected chi connectivity index (χ3v) is 4.05. The lowest BCUT2D eigenvalue weighted by atomic mass is 9.95. The molecule has 5 heteroatoms. The second kappa shape index (κ2) is 5.74. The minimum atomic E-state index is 0.00159. The van der Waals surface area contributed by atoms with Crippen molar-refractivity contribution >= 4 is 5.91 Å². The minimum Gasteiger partial charge on any atom is -0.352 e. The highest BCUT2D eigenvalue weighted by molar-refractivity contribution is 5.96. The molecule has 5 nitrogen and oxygen atoms in total. The van der Waals surface area contributed by atoms with Gasteiger partial charge >= 0.3 is 0 Å². The Balaban J connectivity index is 1.91. The molecule has 1 aliphatic heterocycles. The molecular formula is C14H24N4O. The summed E-state index contributed by atoms with van der Waals surface area (Å²) in [6.45, 7) is 7.75. The van der Waals surface area contributed by atoms with Crippen molar-refractivity contribution in [2.24, 2.45) is 13.0 Å². The molecule has 1 aromatic rings. The molecule has 1 fully saturated rings. The molecule has 2 rings (SSSR count). The Morgan fingerprint density at radius 1 is 1.47 bits per heavy atom. The summed E-state index contributed by atoms with van der Waals surface area (Å²) in [4.78, 5) is 12.2. The molecule has 19 heavy (non-hydrogen) atoms. The number of carbonyl (C=O) groups is 1. The van der Waals surface area contributed by atoms with Crippen molar-refractivity contribution in [3.63, 3.8) is 0 Å². The van der Waals surface area contributed by atoms with Gasteiger partial charge in [-0.15, -0.1) is 0 Å². The second-order valence-corrected chi connectivity index (χ2v) is 5.63. The molecule has 1 amide bonds. The van der Waals surface area contributed by atoms with Gasteiger partial charge in [0.2, 0.25) is 0 Å². The summed E-state index contributed by atoms with van der Waals surface area (Å²) >= 11 is 0. The summed E-state index contributed by atoms with van der Waals surface area (Å²) in [5.41, 5.74) is 2.44. The van der Waals surface area contributed by atoms with Crippen molar-refractivity contribution in [2.75, 3.05) is 13.1 Å². The molecule has 1 saturated heterocycles. The van der Waals surface area contributed by atoms with Gasteiger partial charge in [-0.1, -0.05) is 0 Å². The third kappa shape index (κ3) is 3.15. The Bertz CT molecular complexity index is 458. The van der Waals surface area contributed by atoms with E-state index in [0.29, 0.717) is 12.0 Å². The van der Waals surface area contributed by atoms with E-state index in [2.05, 4.69) is 22.7 Å². The highest BCUT2D eigenvalue weighted by Crippen LogP contribution is 2.15. The Labute approximate surface area is 114 Å². The van der Waals surface area contributed by atoms with E-state index >= 15 is 0 Å². The zero-order valence-corrected chi connectivity index (χ0v) is 12.3. The van der Waals surface area contributed by atoms with Crippen LogP contribution in [0.3, 0.4) is 0 Å². The first-order valence-electron chi connectivity index (χ1n) is 7.00. The number of nitrogens with one attached hydrogen (secondary N) is 2. The Morgan fingerprint density at radius 3 is 2.74 bits per heavy atom. The first-order chi connectivity index (χ1) is 8.99. The molecule has 2 unspecified atom stereocenters. The Kier molecular flexibility index (Phi) is 4.24. The van der Waals surface area contributed by atoms with Crippen LogP contribution in [0.4, 0.5) is 0 Å². The van der Waals surface area contributed by atoms with E-state index in [4.69, 9.17) is 0 Å². The smallest absolute Gasteiger partial charge is 0.255 e. The number of hydrogen-bond acceptors (Lipinski definition) is 3. The molecule has 2 heterocycles. The minimum absolute atomic E-state index is 0.00159. The van der Waals surface area contributed by atoms with Crippen molar-refractivity contribution in [3.8, 4) is 0 Å². The van der Waals surface area contributed by atoms with Gasteiger partial charge in [0.15, 0.2) is 0 Å². The van der Waals surface area contributed by atoms with Gasteiger partial charge < -0.3 is 10.6 Å². The summed E-state index contributed by atoms with van der Waals surface area (Å²) in [5.74, 6) is 0.541. The van der Waals surface area contributed by atoms with Gasteiger partial charge in [-0.25, -0.2) is 0 Å². The van der Waals surface area contributed by atoms with Crippen LogP contribution in [0.25, 0.3) is 0 Å². The van der Waals surface area contributed by atoms with Gasteiger partial charge in [-0.2, -0.15) is 5.10 Å². The number of aryl methyl sites for hydroxylation is 2. The molecule has 0 saturated carbocycles. The summed E-state index contributed by atoms with van der Waals surface area (Å²) in [6, 6.07) is 0.606. The normalized spacial score (nSPS) is 23.4. The highest BCUT2D eigenvalue weighted by Gasteiger charge is 2.21. The zero-order valence-electron chi connectivity index (χ0n) is 12.3. The predicted molar refractivity (Wildman–Crippen MR) is 75.2 cm³/mol. The number of aromatic nitrogens is 2. The van der Waals surface area contributed by atoms with Crippen LogP contribution in [-0.2, 0) is 7.05 Å². The van der Waals surface area contributed by atoms with Crippen LogP contribution < -0.4 is 10.6 Å². The van der Waals surface area contributed by atoms with Crippen LogP contribution in [0.2, 0.25) is 0 Å². The zero-order chi connectivity index (χ0) is 14.0. The van der Waals surface area contributed by atoms with Crippen LogP contribution >= 0.6 is 0 Å². The number of carbonyl (C=O) groups excluding carboxylic acids is 1. The largest absolute Gasteiger partial charge is 0.352 e. The van der Waals surface area contributed by atoms with E-state index in [-0.39, 0.29) is 5.91 Å². The maximum atomic E-state index is 12.2. The average Bonchev–Trinajstić information content (AvgIpc) is 2.62. The van der Waals surface area contributed by atoms with Gasteiger partial charge in [0.05, 0.1) is 11.3 Å². The van der Waals surface area contributed by atoms with Crippen molar-refractivity contribution in [1.82, 2.24) is 20.4 Å². The first-order valence-corrected chi connectivity index (χ1v) is 7.00. The molecule has 0 spiro atoms. The lowest BCUT2D eigenvalue weighted by Crippen LogP contribution is -2.42. The van der Waals surface area contributed by atoms with E-state index in [9.17, 15) is 4.79 Å². The van der Waals surface area contributed by atoms with Gasteiger partial charge in [0.1, 0.15) is 0 Å². The van der Waals surface area contributed by atoms with E-state index in [1.165, 1.54) is 12.8 Å². The monoisotopic (exact) mass is 264 g/mol. The first kappa shape index (κ1) is 14.1. The molecule has 2 atom stereocenters. The van der Waals surface area contributed by atoms with Crippen LogP contribution in [0.5, 0.6) is 0 Å². The van der Waals surface area contributed by atoms with Crippen LogP contribution in [0.1, 0.15) is 41.5 Å². The fraction of sp³-hybridized carbons (Fsp3) is 0.714. The number of amides is 1. The molecule has 106 valence electrons. The maximum Gasteiger partial charge on any atom is 0.255 e. The Hall–Kier alpha value is -1.36. The molecule has 1 aliphatic rings. The van der Waals surface area contributed by atoms with Crippen molar-refractivity contribution in [3.05, 3.63) is 17.0 Å². The number of nitrogens with zero attached hydrogens (tertiary/aromatic N) is 2. The maximum absolute atomic E-state index is 12.2. The van der Waals surface area contributed by atoms with Crippen molar-refractivity contribution in [2.45, 2.75) is 39.7 Å². The average molecular weight is 264 g/mol. The second-order valence-electron chi connectivity index (χ2n) is 5.63. The van der Waals surface area contributed by atoms with Crippen molar-refractivity contribution < 1.29 is 4.79 Å². The Morgan fingerprint density at radius 2 is 2.21 bits per heavy atom. The number of hydrogen-bond donors (Lipinski definition) is 2. The molecular weight excluding hydrogens is 240 g/mol. The standard InChI is InChI=1S/C14H24N4O/c1-9-5-6-12(7-15-9)8-16-14(19)13-10(2)17-18(4)11(13)3/h9,12,15H,5-8H2,1-4H3,(H,16,19). The lowest BCUT2D eigenvalue weighted by molar-refractivity contribution is 0.0942. The summed E-state index contributed by atoms with van der Waals surface area (Å²) in [7, 11) is 1.87. The van der Waals surface area contributed by atoms with Gasteiger partial charge in [-0.3, -0.25) is 9.48 Å². The predicted octanol–water partition coefficient (Wildman–Crippen LogP) is 1.15. The van der Waals surface area contributed by atoms with Crippen molar-refractivity contribution in [1.29, 1.82) is 0 Å². The summed E-state index contributed by atoms with van der Waals surface area (Å²) < 4.78 is 1.76. The van der Waals surface area contributed by atoms with E-state index in [1.54, 1.807) is 4.68 Å². The molecule has 2 N–H and O–H groups in total. The van der Waals surface area contributed by atoms with Crippen LogP contribution in [0, 0.1) is 19.8 Å².